The molecule has 0 radical (unpaired) electrons. The van der Waals surface area contributed by atoms with Gasteiger partial charge in [0.05, 0.1) is 6.61 Å². The summed E-state index contributed by atoms with van der Waals surface area (Å²) in [5, 5.41) is 0. The van der Waals surface area contributed by atoms with E-state index in [1.54, 1.807) is 0 Å². The zero-order valence-corrected chi connectivity index (χ0v) is 12.4. The Morgan fingerprint density at radius 2 is 1.95 bits per heavy atom. The molecule has 0 amide bonds. The van der Waals surface area contributed by atoms with Crippen molar-refractivity contribution >= 4 is 0 Å². The van der Waals surface area contributed by atoms with Crippen LogP contribution in [0.15, 0.2) is 48.5 Å². The quantitative estimate of drug-likeness (QED) is 0.669. The summed E-state index contributed by atoms with van der Waals surface area (Å²) in [5.74, 6) is 7.26. The molecule has 2 aromatic carbocycles. The summed E-state index contributed by atoms with van der Waals surface area (Å²) in [6.45, 7) is 2.91. The van der Waals surface area contributed by atoms with Gasteiger partial charge in [-0.2, -0.15) is 0 Å². The van der Waals surface area contributed by atoms with Gasteiger partial charge in [0.15, 0.2) is 0 Å². The number of benzene rings is 2. The lowest BCUT2D eigenvalue weighted by molar-refractivity contribution is 0.245. The monoisotopic (exact) mass is 282 g/mol. The summed E-state index contributed by atoms with van der Waals surface area (Å²) in [6, 6.07) is 17.0. The van der Waals surface area contributed by atoms with E-state index in [1.807, 2.05) is 12.1 Å². The first kappa shape index (κ1) is 14.1. The average molecular weight is 282 g/mol. The summed E-state index contributed by atoms with van der Waals surface area (Å²) < 4.78 is 5.75. The molecule has 2 aromatic rings. The van der Waals surface area contributed by atoms with Crippen molar-refractivity contribution in [3.05, 3.63) is 65.2 Å². The van der Waals surface area contributed by atoms with Crippen molar-refractivity contribution in [2.24, 2.45) is 5.84 Å². The molecule has 0 saturated heterocycles. The third kappa shape index (κ3) is 2.94. The Morgan fingerprint density at radius 3 is 2.76 bits per heavy atom. The van der Waals surface area contributed by atoms with E-state index < -0.39 is 0 Å². The van der Waals surface area contributed by atoms with E-state index in [1.165, 1.54) is 16.7 Å². The van der Waals surface area contributed by atoms with Gasteiger partial charge in [0.1, 0.15) is 5.75 Å². The molecule has 0 fully saturated rings. The predicted molar refractivity (Wildman–Crippen MR) is 85.3 cm³/mol. The number of nitrogens with one attached hydrogen (secondary N) is 1. The molecule has 0 aromatic heterocycles. The van der Waals surface area contributed by atoms with E-state index in [2.05, 4.69) is 48.7 Å². The number of hydrazine groups is 1. The van der Waals surface area contributed by atoms with Gasteiger partial charge in [-0.05, 0) is 42.5 Å². The Kier molecular flexibility index (Phi) is 4.23. The first-order chi connectivity index (χ1) is 10.3. The minimum Gasteiger partial charge on any atom is -0.493 e. The maximum atomic E-state index is 5.87. The van der Waals surface area contributed by atoms with Crippen LogP contribution in [0.5, 0.6) is 5.75 Å². The molecule has 0 saturated carbocycles. The highest BCUT2D eigenvalue weighted by molar-refractivity contribution is 5.39. The number of ether oxygens (including phenoxy) is 1. The molecule has 2 atom stereocenters. The number of fused-ring (bicyclic) bond motifs is 1. The fourth-order valence-electron chi connectivity index (χ4n) is 3.18. The molecular weight excluding hydrogens is 260 g/mol. The Hall–Kier alpha value is -1.84. The van der Waals surface area contributed by atoms with Gasteiger partial charge in [-0.3, -0.25) is 11.3 Å². The Bertz CT molecular complexity index is 612. The highest BCUT2D eigenvalue weighted by Gasteiger charge is 2.28. The Labute approximate surface area is 126 Å². The van der Waals surface area contributed by atoms with E-state index in [0.717, 1.165) is 25.2 Å². The van der Waals surface area contributed by atoms with E-state index in [-0.39, 0.29) is 6.04 Å². The van der Waals surface area contributed by atoms with Crippen molar-refractivity contribution in [2.45, 2.75) is 31.7 Å². The number of nitrogens with two attached hydrogens (primary N) is 1. The third-order valence-corrected chi connectivity index (χ3v) is 4.41. The second-order valence-electron chi connectivity index (χ2n) is 5.69. The maximum Gasteiger partial charge on any atom is 0.122 e. The minimum absolute atomic E-state index is 0.219. The molecule has 3 heteroatoms. The average Bonchev–Trinajstić information content (AvgIpc) is 2.54. The van der Waals surface area contributed by atoms with Gasteiger partial charge in [-0.1, -0.05) is 42.5 Å². The minimum atomic E-state index is 0.219. The van der Waals surface area contributed by atoms with Crippen LogP contribution in [0.4, 0.5) is 0 Å². The van der Waals surface area contributed by atoms with Gasteiger partial charge >= 0.3 is 0 Å². The Morgan fingerprint density at radius 1 is 1.19 bits per heavy atom. The molecule has 0 aliphatic carbocycles. The molecule has 3 nitrogen and oxygen atoms in total. The molecule has 0 bridgehead atoms. The van der Waals surface area contributed by atoms with Crippen molar-refractivity contribution in [1.29, 1.82) is 0 Å². The maximum absolute atomic E-state index is 5.87. The molecule has 3 rings (SSSR count). The zero-order chi connectivity index (χ0) is 14.7. The lowest BCUT2D eigenvalue weighted by atomic mass is 9.83. The summed E-state index contributed by atoms with van der Waals surface area (Å²) in [7, 11) is 0. The van der Waals surface area contributed by atoms with Crippen molar-refractivity contribution in [3.8, 4) is 5.75 Å². The van der Waals surface area contributed by atoms with Crippen molar-refractivity contribution in [2.75, 3.05) is 6.61 Å². The van der Waals surface area contributed by atoms with Gasteiger partial charge in [-0.15, -0.1) is 0 Å². The number of rotatable bonds is 4. The van der Waals surface area contributed by atoms with Gasteiger partial charge < -0.3 is 4.74 Å². The van der Waals surface area contributed by atoms with Gasteiger partial charge in [0.2, 0.25) is 0 Å². The third-order valence-electron chi connectivity index (χ3n) is 4.41. The van der Waals surface area contributed by atoms with E-state index in [9.17, 15) is 0 Å². The molecule has 3 N–H and O–H groups in total. The lowest BCUT2D eigenvalue weighted by Crippen LogP contribution is -2.43. The zero-order valence-electron chi connectivity index (χ0n) is 12.4. The first-order valence-electron chi connectivity index (χ1n) is 7.52. The molecule has 21 heavy (non-hydrogen) atoms. The van der Waals surface area contributed by atoms with Crippen LogP contribution in [0.25, 0.3) is 0 Å². The number of hydrogen-bond donors (Lipinski definition) is 2. The highest BCUT2D eigenvalue weighted by atomic mass is 16.5. The predicted octanol–water partition coefficient (Wildman–Crippen LogP) is 2.94. The van der Waals surface area contributed by atoms with Gasteiger partial charge in [0.25, 0.3) is 0 Å². The van der Waals surface area contributed by atoms with Crippen LogP contribution in [0.3, 0.4) is 0 Å². The molecule has 110 valence electrons. The summed E-state index contributed by atoms with van der Waals surface area (Å²) in [4.78, 5) is 0. The normalized spacial score (nSPS) is 18.7. The fraction of sp³-hybridized carbons (Fsp3) is 0.333. The first-order valence-corrected chi connectivity index (χ1v) is 7.52. The lowest BCUT2D eigenvalue weighted by Gasteiger charge is -2.32. The number of hydrogen-bond acceptors (Lipinski definition) is 3. The van der Waals surface area contributed by atoms with Crippen LogP contribution >= 0.6 is 0 Å². The highest BCUT2D eigenvalue weighted by Crippen LogP contribution is 2.36. The topological polar surface area (TPSA) is 47.3 Å². The van der Waals surface area contributed by atoms with E-state index in [0.29, 0.717) is 5.92 Å². The van der Waals surface area contributed by atoms with Crippen molar-refractivity contribution in [1.82, 2.24) is 5.43 Å². The van der Waals surface area contributed by atoms with Crippen molar-refractivity contribution < 1.29 is 4.74 Å². The van der Waals surface area contributed by atoms with Crippen LogP contribution in [0.2, 0.25) is 0 Å². The molecule has 1 aliphatic rings. The van der Waals surface area contributed by atoms with Crippen molar-refractivity contribution in [3.63, 3.8) is 0 Å². The van der Waals surface area contributed by atoms with Crippen LogP contribution in [0, 0.1) is 6.92 Å². The molecule has 1 heterocycles. The molecule has 0 spiro atoms. The van der Waals surface area contributed by atoms with Crippen LogP contribution < -0.4 is 16.0 Å². The summed E-state index contributed by atoms with van der Waals surface area (Å²) >= 11 is 0. The SMILES string of the molecule is Cc1ccccc1CC(NN)C1CCOc2ccccc21. The largest absolute Gasteiger partial charge is 0.493 e. The fourth-order valence-corrected chi connectivity index (χ4v) is 3.18. The van der Waals surface area contributed by atoms with Gasteiger partial charge in [0, 0.05) is 12.0 Å². The van der Waals surface area contributed by atoms with E-state index >= 15 is 0 Å². The van der Waals surface area contributed by atoms with E-state index in [4.69, 9.17) is 10.6 Å². The second-order valence-corrected chi connectivity index (χ2v) is 5.69. The Balaban J connectivity index is 1.86. The number of para-hydroxylation sites is 1. The van der Waals surface area contributed by atoms with Crippen LogP contribution in [0.1, 0.15) is 29.0 Å². The summed E-state index contributed by atoms with van der Waals surface area (Å²) in [5.41, 5.74) is 6.97. The molecule has 1 aliphatic heterocycles. The van der Waals surface area contributed by atoms with Crippen LogP contribution in [-0.2, 0) is 6.42 Å². The summed E-state index contributed by atoms with van der Waals surface area (Å²) in [6.07, 6.45) is 1.93. The smallest absolute Gasteiger partial charge is 0.122 e. The van der Waals surface area contributed by atoms with Gasteiger partial charge in [-0.25, -0.2) is 0 Å². The number of aryl methyl sites for hydroxylation is 1. The molecular formula is C18H22N2O. The van der Waals surface area contributed by atoms with Crippen LogP contribution in [-0.4, -0.2) is 12.6 Å². The molecule has 2 unspecified atom stereocenters. The second kappa shape index (κ2) is 6.29. The standard InChI is InChI=1S/C18H22N2O/c1-13-6-2-3-7-14(13)12-17(20-19)15-10-11-21-18-9-5-4-8-16(15)18/h2-9,15,17,20H,10-12,19H2,1H3.